The van der Waals surface area contributed by atoms with Crippen molar-refractivity contribution in [2.45, 2.75) is 6.04 Å². The zero-order valence-electron chi connectivity index (χ0n) is 6.30. The van der Waals surface area contributed by atoms with Crippen LogP contribution < -0.4 is 5.73 Å². The van der Waals surface area contributed by atoms with Gasteiger partial charge in [0.25, 0.3) is 0 Å². The van der Waals surface area contributed by atoms with E-state index in [0.29, 0.717) is 5.56 Å². The molecule has 1 rings (SSSR count). The van der Waals surface area contributed by atoms with E-state index in [9.17, 15) is 4.39 Å². The van der Waals surface area contributed by atoms with Gasteiger partial charge in [-0.25, -0.2) is 4.98 Å². The van der Waals surface area contributed by atoms with E-state index in [2.05, 4.69) is 11.6 Å². The predicted octanol–water partition coefficient (Wildman–Crippen LogP) is 2.06. The molecule has 12 heavy (non-hydrogen) atoms. The monoisotopic (exact) mass is 186 g/mol. The van der Waals surface area contributed by atoms with Crippen LogP contribution in [0.3, 0.4) is 0 Å². The number of hydrogen-bond acceptors (Lipinski definition) is 2. The lowest BCUT2D eigenvalue weighted by molar-refractivity contribution is 0.582. The molecule has 0 fully saturated rings. The van der Waals surface area contributed by atoms with Gasteiger partial charge in [0, 0.05) is 12.2 Å². The van der Waals surface area contributed by atoms with Gasteiger partial charge in [-0.05, 0) is 11.6 Å². The van der Waals surface area contributed by atoms with Crippen molar-refractivity contribution in [3.8, 4) is 0 Å². The van der Waals surface area contributed by atoms with Crippen molar-refractivity contribution >= 4 is 11.6 Å². The minimum atomic E-state index is -0.684. The van der Waals surface area contributed by atoms with Crippen LogP contribution in [-0.2, 0) is 0 Å². The molecular formula is C8H8ClFN2. The molecule has 4 heteroatoms. The molecular weight excluding hydrogens is 179 g/mol. The predicted molar refractivity (Wildman–Crippen MR) is 46.3 cm³/mol. The van der Waals surface area contributed by atoms with Gasteiger partial charge in [0.05, 0.1) is 5.02 Å². The Labute approximate surface area is 74.9 Å². The molecule has 0 bridgehead atoms. The second-order valence-corrected chi connectivity index (χ2v) is 2.71. The van der Waals surface area contributed by atoms with Crippen molar-refractivity contribution in [1.29, 1.82) is 0 Å². The van der Waals surface area contributed by atoms with E-state index in [-0.39, 0.29) is 11.1 Å². The summed E-state index contributed by atoms with van der Waals surface area (Å²) in [5, 5.41) is -0.0233. The van der Waals surface area contributed by atoms with Gasteiger partial charge in [0.2, 0.25) is 5.95 Å². The Morgan fingerprint density at radius 1 is 1.75 bits per heavy atom. The molecule has 0 aromatic carbocycles. The second-order valence-electron chi connectivity index (χ2n) is 2.30. The van der Waals surface area contributed by atoms with Gasteiger partial charge in [-0.15, -0.1) is 6.58 Å². The summed E-state index contributed by atoms with van der Waals surface area (Å²) in [6, 6.07) is 1.09. The van der Waals surface area contributed by atoms with Gasteiger partial charge < -0.3 is 5.73 Å². The highest BCUT2D eigenvalue weighted by Crippen LogP contribution is 2.17. The third-order valence-corrected chi connectivity index (χ3v) is 1.72. The first-order valence-electron chi connectivity index (χ1n) is 3.34. The average Bonchev–Trinajstić information content (AvgIpc) is 2.08. The molecule has 0 aliphatic carbocycles. The maximum absolute atomic E-state index is 12.6. The number of nitrogens with two attached hydrogens (primary N) is 1. The number of halogens is 2. The third-order valence-electron chi connectivity index (χ3n) is 1.46. The van der Waals surface area contributed by atoms with Crippen LogP contribution in [0.4, 0.5) is 4.39 Å². The maximum Gasteiger partial charge on any atom is 0.231 e. The molecule has 0 amide bonds. The summed E-state index contributed by atoms with van der Waals surface area (Å²) in [5.74, 6) is -0.684. The zero-order chi connectivity index (χ0) is 9.14. The number of aromatic nitrogens is 1. The van der Waals surface area contributed by atoms with Crippen molar-refractivity contribution in [3.63, 3.8) is 0 Å². The Morgan fingerprint density at radius 3 is 2.92 bits per heavy atom. The number of rotatable bonds is 2. The smallest absolute Gasteiger partial charge is 0.231 e. The maximum atomic E-state index is 12.6. The summed E-state index contributed by atoms with van der Waals surface area (Å²) in [6.07, 6.45) is 2.87. The van der Waals surface area contributed by atoms with Gasteiger partial charge >= 0.3 is 0 Å². The minimum absolute atomic E-state index is 0.0233. The molecule has 0 aliphatic heterocycles. The van der Waals surface area contributed by atoms with E-state index < -0.39 is 5.95 Å². The van der Waals surface area contributed by atoms with Crippen molar-refractivity contribution in [2.24, 2.45) is 5.73 Å². The fourth-order valence-electron chi connectivity index (χ4n) is 0.754. The second kappa shape index (κ2) is 3.65. The summed E-state index contributed by atoms with van der Waals surface area (Å²) < 4.78 is 12.6. The highest BCUT2D eigenvalue weighted by molar-refractivity contribution is 6.30. The summed E-state index contributed by atoms with van der Waals surface area (Å²) in [6.45, 7) is 3.50. The Kier molecular flexibility index (Phi) is 2.78. The van der Waals surface area contributed by atoms with E-state index in [0.717, 1.165) is 0 Å². The summed E-state index contributed by atoms with van der Waals surface area (Å²) in [5.41, 5.74) is 6.22. The molecule has 64 valence electrons. The molecule has 0 spiro atoms. The van der Waals surface area contributed by atoms with E-state index in [4.69, 9.17) is 17.3 Å². The lowest BCUT2D eigenvalue weighted by atomic mass is 10.1. The molecule has 1 aromatic rings. The van der Waals surface area contributed by atoms with E-state index in [1.165, 1.54) is 18.3 Å². The molecule has 1 atom stereocenters. The highest BCUT2D eigenvalue weighted by Gasteiger charge is 2.05. The van der Waals surface area contributed by atoms with Gasteiger partial charge in [-0.1, -0.05) is 17.7 Å². The van der Waals surface area contributed by atoms with Crippen molar-refractivity contribution < 1.29 is 4.39 Å². The lowest BCUT2D eigenvalue weighted by Crippen LogP contribution is -2.07. The first kappa shape index (κ1) is 9.16. The molecule has 0 saturated carbocycles. The van der Waals surface area contributed by atoms with Crippen LogP contribution in [0.2, 0.25) is 5.02 Å². The molecule has 0 unspecified atom stereocenters. The van der Waals surface area contributed by atoms with Crippen LogP contribution in [0.1, 0.15) is 11.6 Å². The molecule has 1 heterocycles. The average molecular weight is 187 g/mol. The van der Waals surface area contributed by atoms with Crippen LogP contribution >= 0.6 is 11.6 Å². The number of hydrogen-bond donors (Lipinski definition) is 1. The van der Waals surface area contributed by atoms with E-state index in [1.54, 1.807) is 0 Å². The van der Waals surface area contributed by atoms with Gasteiger partial charge in [-0.3, -0.25) is 0 Å². The summed E-state index contributed by atoms with van der Waals surface area (Å²) >= 11 is 5.49. The number of pyridine rings is 1. The minimum Gasteiger partial charge on any atom is -0.321 e. The van der Waals surface area contributed by atoms with Crippen LogP contribution in [-0.4, -0.2) is 4.98 Å². The van der Waals surface area contributed by atoms with E-state index >= 15 is 0 Å². The largest absolute Gasteiger partial charge is 0.321 e. The lowest BCUT2D eigenvalue weighted by Gasteiger charge is -2.05. The Bertz CT molecular complexity index is 301. The number of nitrogens with zero attached hydrogens (tertiary/aromatic N) is 1. The topological polar surface area (TPSA) is 38.9 Å². The fourth-order valence-corrected chi connectivity index (χ4v) is 0.929. The standard InChI is InChI=1S/C8H8ClFN2/c1-2-7(11)5-3-6(9)8(10)12-4-5/h2-4,7H,1,11H2/t7-/m0/s1. The van der Waals surface area contributed by atoms with Crippen molar-refractivity contribution in [2.75, 3.05) is 0 Å². The Morgan fingerprint density at radius 2 is 2.42 bits per heavy atom. The van der Waals surface area contributed by atoms with Gasteiger partial charge in [0.15, 0.2) is 0 Å². The van der Waals surface area contributed by atoms with Crippen LogP contribution in [0.15, 0.2) is 24.9 Å². The van der Waals surface area contributed by atoms with E-state index in [1.807, 2.05) is 0 Å². The fraction of sp³-hybridized carbons (Fsp3) is 0.125. The quantitative estimate of drug-likeness (QED) is 0.567. The summed E-state index contributed by atoms with van der Waals surface area (Å²) in [7, 11) is 0. The van der Waals surface area contributed by atoms with Crippen LogP contribution in [0, 0.1) is 5.95 Å². The molecule has 0 saturated heterocycles. The molecule has 2 nitrogen and oxygen atoms in total. The van der Waals surface area contributed by atoms with Gasteiger partial charge in [-0.2, -0.15) is 4.39 Å². The molecule has 0 aliphatic rings. The van der Waals surface area contributed by atoms with Gasteiger partial charge in [0.1, 0.15) is 0 Å². The Balaban J connectivity index is 3.04. The SMILES string of the molecule is C=C[C@H](N)c1cnc(F)c(Cl)c1. The third kappa shape index (κ3) is 1.81. The molecule has 2 N–H and O–H groups in total. The van der Waals surface area contributed by atoms with Crippen LogP contribution in [0.5, 0.6) is 0 Å². The van der Waals surface area contributed by atoms with Crippen LogP contribution in [0.25, 0.3) is 0 Å². The van der Waals surface area contributed by atoms with Crippen molar-refractivity contribution in [1.82, 2.24) is 4.98 Å². The highest BCUT2D eigenvalue weighted by atomic mass is 35.5. The summed E-state index contributed by atoms with van der Waals surface area (Å²) in [4.78, 5) is 3.42. The molecule has 1 aromatic heterocycles. The van der Waals surface area contributed by atoms with Crippen molar-refractivity contribution in [3.05, 3.63) is 41.5 Å². The Hall–Kier alpha value is -0.930. The molecule has 0 radical (unpaired) electrons. The zero-order valence-corrected chi connectivity index (χ0v) is 7.05. The first-order valence-corrected chi connectivity index (χ1v) is 3.72. The normalized spacial score (nSPS) is 12.6. The first-order chi connectivity index (χ1) is 5.65.